The molecule has 295 valence electrons. The minimum absolute atomic E-state index is 0. The number of hydrogen-bond acceptors (Lipinski definition) is 3. The second-order valence-electron chi connectivity index (χ2n) is 16.4. The first kappa shape index (κ1) is 39.2. The summed E-state index contributed by atoms with van der Waals surface area (Å²) in [6, 6.07) is 69.7. The van der Waals surface area contributed by atoms with Gasteiger partial charge >= 0.3 is 186 Å². The maximum atomic E-state index is 5.45. The maximum absolute atomic E-state index is 5.45. The SMILES string of the molecule is [CH3][Ge]([CH3])([CH3])[c]1ccc2cc3c(cc2c1)sc1c(-c2nc4cccc5c6ccccc6c6ccccc6c6ccccc6n2c45)[c-]ccc13.[Ir].[c-]1ccccc1-c1ccccn1. The van der Waals surface area contributed by atoms with Crippen molar-refractivity contribution < 1.29 is 20.1 Å². The molecule has 0 saturated carbocycles. The van der Waals surface area contributed by atoms with Crippen LogP contribution in [0.1, 0.15) is 0 Å². The summed E-state index contributed by atoms with van der Waals surface area (Å²) >= 11 is -0.0949. The number of pyridine rings is 1. The summed E-state index contributed by atoms with van der Waals surface area (Å²) in [6.07, 6.45) is 1.79. The number of benzene rings is 8. The summed E-state index contributed by atoms with van der Waals surface area (Å²) in [5.41, 5.74) is 6.28. The fraction of sp³-hybridized carbons (Fsp3) is 0.0545. The van der Waals surface area contributed by atoms with E-state index in [-0.39, 0.29) is 20.1 Å². The van der Waals surface area contributed by atoms with Gasteiger partial charge < -0.3 is 4.98 Å². The van der Waals surface area contributed by atoms with Gasteiger partial charge in [-0.25, -0.2) is 0 Å². The van der Waals surface area contributed by atoms with Gasteiger partial charge in [-0.1, -0.05) is 91.0 Å². The Bertz CT molecular complexity index is 3610. The van der Waals surface area contributed by atoms with Crippen molar-refractivity contribution in [2.45, 2.75) is 17.3 Å². The maximum Gasteiger partial charge on any atom is 0.0160 e. The molecule has 0 atom stereocenters. The predicted octanol–water partition coefficient (Wildman–Crippen LogP) is 14.6. The molecule has 0 saturated heterocycles. The molecule has 4 heterocycles. The number of nitrogens with zero attached hydrogens (tertiary/aromatic N) is 3. The zero-order valence-electron chi connectivity index (χ0n) is 33.9. The molecule has 12 aromatic rings. The molecule has 4 aromatic heterocycles. The largest absolute Gasteiger partial charge is 0.305 e. The molecule has 0 spiro atoms. The van der Waals surface area contributed by atoms with Gasteiger partial charge in [0.1, 0.15) is 0 Å². The fourth-order valence-corrected chi connectivity index (χ4v) is 12.4. The summed E-state index contributed by atoms with van der Waals surface area (Å²) < 4.78 is 6.48. The van der Waals surface area contributed by atoms with E-state index in [1.807, 2.05) is 53.8 Å². The van der Waals surface area contributed by atoms with Gasteiger partial charge in [-0.2, -0.15) is 0 Å². The van der Waals surface area contributed by atoms with E-state index in [9.17, 15) is 0 Å². The molecule has 1 radical (unpaired) electrons. The molecule has 8 aromatic carbocycles. The molecule has 0 bridgehead atoms. The summed E-state index contributed by atoms with van der Waals surface area (Å²) in [7, 11) is 0. The number of rotatable bonds is 3. The van der Waals surface area contributed by atoms with E-state index in [0.717, 1.165) is 39.2 Å². The number of imidazole rings is 1. The van der Waals surface area contributed by atoms with Crippen molar-refractivity contribution in [1.29, 1.82) is 0 Å². The average Bonchev–Trinajstić information content (AvgIpc) is 3.87. The number of aromatic nitrogens is 3. The Morgan fingerprint density at radius 3 is 1.95 bits per heavy atom. The van der Waals surface area contributed by atoms with E-state index >= 15 is 0 Å². The van der Waals surface area contributed by atoms with Gasteiger partial charge in [0.05, 0.1) is 0 Å². The third-order valence-corrected chi connectivity index (χ3v) is 17.1. The monoisotopic (exact) mass is 1040 g/mol. The average molecular weight is 1040 g/mol. The van der Waals surface area contributed by atoms with Crippen LogP contribution in [-0.2, 0) is 20.1 Å². The van der Waals surface area contributed by atoms with E-state index < -0.39 is 13.3 Å². The molecule has 0 aliphatic heterocycles. The van der Waals surface area contributed by atoms with E-state index in [1.54, 1.807) is 10.6 Å². The second kappa shape index (κ2) is 15.8. The molecule has 6 heteroatoms. The Morgan fingerprint density at radius 2 is 1.23 bits per heavy atom. The van der Waals surface area contributed by atoms with Gasteiger partial charge in [0, 0.05) is 26.3 Å². The Balaban J connectivity index is 0.000000296. The first-order valence-electron chi connectivity index (χ1n) is 20.4. The van der Waals surface area contributed by atoms with Gasteiger partial charge in [-0.3, -0.25) is 0 Å². The smallest absolute Gasteiger partial charge is 0.0160 e. The zero-order valence-corrected chi connectivity index (χ0v) is 39.2. The summed E-state index contributed by atoms with van der Waals surface area (Å²) in [5.74, 6) is 8.32. The minimum atomic E-state index is -1.96. The van der Waals surface area contributed by atoms with Crippen molar-refractivity contribution in [2.75, 3.05) is 0 Å². The molecule has 61 heavy (non-hydrogen) atoms. The molecule has 0 unspecified atom stereocenters. The standard InChI is InChI=1S/C44H31GeN2S.C11H8N.Ir/c1-45(2,3)29-23-22-27-25-38-36-18-10-19-37(43(36)48-41(38)26-28(27)24-29)44-46-39-20-11-17-35-33-15-7-5-13-31(33)30-12-4-6-14-32(30)34-16-8-9-21-40(34)47(44)42(35)39;1-2-6-10(7-3-1)11-8-4-5-9-12-11;/h4-18,20-26H,1-3H3;1-6,8-9H;/q2*-1;. The van der Waals surface area contributed by atoms with Gasteiger partial charge in [0.25, 0.3) is 0 Å². The minimum Gasteiger partial charge on any atom is -0.305 e. The molecule has 0 amide bonds. The van der Waals surface area contributed by atoms with Crippen LogP contribution in [0.25, 0.3) is 102 Å². The van der Waals surface area contributed by atoms with Crippen LogP contribution in [0.3, 0.4) is 0 Å². The van der Waals surface area contributed by atoms with E-state index in [1.165, 1.54) is 63.3 Å². The van der Waals surface area contributed by atoms with Crippen molar-refractivity contribution in [3.8, 4) is 22.6 Å². The molecule has 0 aliphatic rings. The van der Waals surface area contributed by atoms with E-state index in [0.29, 0.717) is 0 Å². The van der Waals surface area contributed by atoms with Gasteiger partial charge in [0.15, 0.2) is 0 Å². The number of para-hydroxylation sites is 2. The summed E-state index contributed by atoms with van der Waals surface area (Å²) in [6.45, 7) is 0. The van der Waals surface area contributed by atoms with Crippen LogP contribution in [0, 0.1) is 12.1 Å². The van der Waals surface area contributed by atoms with E-state index in [4.69, 9.17) is 4.98 Å². The van der Waals surface area contributed by atoms with Gasteiger partial charge in [0.2, 0.25) is 0 Å². The van der Waals surface area contributed by atoms with Gasteiger partial charge in [-0.05, 0) is 33.3 Å². The molecule has 3 nitrogen and oxygen atoms in total. The van der Waals surface area contributed by atoms with Crippen LogP contribution in [0.4, 0.5) is 0 Å². The van der Waals surface area contributed by atoms with Crippen molar-refractivity contribution >= 4 is 109 Å². The first-order chi connectivity index (χ1) is 29.4. The van der Waals surface area contributed by atoms with Crippen LogP contribution >= 0.6 is 11.3 Å². The molecule has 0 N–H and O–H groups in total. The zero-order chi connectivity index (χ0) is 40.4. The second-order valence-corrected chi connectivity index (χ2v) is 28.1. The third kappa shape index (κ3) is 6.87. The van der Waals surface area contributed by atoms with Crippen LogP contribution in [0.2, 0.25) is 17.3 Å². The van der Waals surface area contributed by atoms with Crippen molar-refractivity contribution in [1.82, 2.24) is 14.4 Å². The Labute approximate surface area is 374 Å². The number of hydrogen-bond donors (Lipinski definition) is 0. The topological polar surface area (TPSA) is 30.2 Å². The number of thiophene rings is 1. The van der Waals surface area contributed by atoms with E-state index in [2.05, 4.69) is 172 Å². The third-order valence-electron chi connectivity index (χ3n) is 11.7. The Hall–Kier alpha value is -5.95. The predicted molar refractivity (Wildman–Crippen MR) is 260 cm³/mol. The fourth-order valence-electron chi connectivity index (χ4n) is 8.74. The quantitative estimate of drug-likeness (QED) is 0.130. The molecular weight excluding hydrogens is 1000 g/mol. The molecule has 0 fully saturated rings. The molecule has 12 rings (SSSR count). The van der Waals surface area contributed by atoms with Crippen molar-refractivity contribution in [2.24, 2.45) is 0 Å². The van der Waals surface area contributed by atoms with Crippen LogP contribution in [0.5, 0.6) is 0 Å². The molecule has 0 aliphatic carbocycles. The molecular formula is C55H39GeIrN3S-2. The number of fused-ring (bicyclic) bond motifs is 11. The summed E-state index contributed by atoms with van der Waals surface area (Å²) in [4.78, 5) is 9.67. The van der Waals surface area contributed by atoms with Crippen molar-refractivity contribution in [3.05, 3.63) is 194 Å². The summed E-state index contributed by atoms with van der Waals surface area (Å²) in [5, 5.41) is 12.5. The Morgan fingerprint density at radius 1 is 0.541 bits per heavy atom. The van der Waals surface area contributed by atoms with Crippen LogP contribution in [0.15, 0.2) is 182 Å². The normalized spacial score (nSPS) is 11.7. The van der Waals surface area contributed by atoms with Crippen LogP contribution < -0.4 is 4.40 Å². The van der Waals surface area contributed by atoms with Crippen LogP contribution in [-0.4, -0.2) is 27.6 Å². The Kier molecular flexibility index (Phi) is 10.2. The van der Waals surface area contributed by atoms with Crippen molar-refractivity contribution in [3.63, 3.8) is 0 Å². The first-order valence-corrected chi connectivity index (χ1v) is 28.6. The van der Waals surface area contributed by atoms with Gasteiger partial charge in [-0.15, -0.1) is 35.9 Å².